The normalized spacial score (nSPS) is 9.95. The number of benzene rings is 2. The summed E-state index contributed by atoms with van der Waals surface area (Å²) < 4.78 is 6.35. The Hall–Kier alpha value is -1.59. The first-order valence-electron chi connectivity index (χ1n) is 6.07. The van der Waals surface area contributed by atoms with E-state index in [0.29, 0.717) is 5.11 Å². The molecule has 0 atom stereocenters. The summed E-state index contributed by atoms with van der Waals surface area (Å²) in [6.45, 7) is 2.03. The van der Waals surface area contributed by atoms with Gasteiger partial charge in [-0.15, -0.1) is 0 Å². The molecule has 0 bridgehead atoms. The topological polar surface area (TPSA) is 33.3 Å². The molecule has 2 rings (SSSR count). The highest BCUT2D eigenvalue weighted by Crippen LogP contribution is 2.24. The molecule has 2 N–H and O–H groups in total. The van der Waals surface area contributed by atoms with Crippen LogP contribution in [0.2, 0.25) is 0 Å². The van der Waals surface area contributed by atoms with Gasteiger partial charge >= 0.3 is 0 Å². The fraction of sp³-hybridized carbons (Fsp3) is 0.133. The quantitative estimate of drug-likeness (QED) is 0.794. The lowest BCUT2D eigenvalue weighted by Crippen LogP contribution is -2.19. The maximum Gasteiger partial charge on any atom is 0.175 e. The fourth-order valence-corrected chi connectivity index (χ4v) is 2.23. The second-order valence-electron chi connectivity index (χ2n) is 4.24. The average molecular weight is 351 g/mol. The van der Waals surface area contributed by atoms with Crippen LogP contribution in [0.3, 0.4) is 0 Å². The molecule has 20 heavy (non-hydrogen) atoms. The van der Waals surface area contributed by atoms with E-state index in [0.717, 1.165) is 27.2 Å². The van der Waals surface area contributed by atoms with Crippen LogP contribution >= 0.6 is 28.1 Å². The zero-order chi connectivity index (χ0) is 14.5. The smallest absolute Gasteiger partial charge is 0.175 e. The second kappa shape index (κ2) is 6.72. The van der Waals surface area contributed by atoms with E-state index < -0.39 is 0 Å². The van der Waals surface area contributed by atoms with E-state index in [9.17, 15) is 0 Å². The molecule has 0 radical (unpaired) electrons. The van der Waals surface area contributed by atoms with Crippen LogP contribution in [-0.2, 0) is 0 Å². The van der Waals surface area contributed by atoms with Gasteiger partial charge < -0.3 is 15.4 Å². The number of hydrogen-bond acceptors (Lipinski definition) is 2. The second-order valence-corrected chi connectivity index (χ2v) is 5.51. The first-order valence-corrected chi connectivity index (χ1v) is 7.27. The first kappa shape index (κ1) is 14.8. The minimum atomic E-state index is 0.524. The summed E-state index contributed by atoms with van der Waals surface area (Å²) in [6.07, 6.45) is 0. The molecule has 0 aliphatic rings. The van der Waals surface area contributed by atoms with Crippen molar-refractivity contribution in [2.45, 2.75) is 6.92 Å². The van der Waals surface area contributed by atoms with Gasteiger partial charge in [0.2, 0.25) is 0 Å². The Balaban J connectivity index is 2.07. The Kier molecular flexibility index (Phi) is 4.98. The average Bonchev–Trinajstić information content (AvgIpc) is 2.43. The third kappa shape index (κ3) is 3.71. The molecular formula is C15H15BrN2OS. The van der Waals surface area contributed by atoms with Gasteiger partial charge in [-0.2, -0.15) is 0 Å². The largest absolute Gasteiger partial charge is 0.495 e. The van der Waals surface area contributed by atoms with Crippen LogP contribution in [-0.4, -0.2) is 12.2 Å². The van der Waals surface area contributed by atoms with Gasteiger partial charge in [-0.25, -0.2) is 0 Å². The van der Waals surface area contributed by atoms with Crippen LogP contribution in [0.4, 0.5) is 11.4 Å². The number of halogens is 1. The number of methoxy groups -OCH3 is 1. The van der Waals surface area contributed by atoms with Gasteiger partial charge in [-0.05, 0) is 55.0 Å². The molecule has 0 aromatic heterocycles. The van der Waals surface area contributed by atoms with Crippen LogP contribution in [0.25, 0.3) is 0 Å². The molecule has 2 aromatic rings. The monoisotopic (exact) mass is 350 g/mol. The van der Waals surface area contributed by atoms with E-state index in [1.165, 1.54) is 0 Å². The van der Waals surface area contributed by atoms with Gasteiger partial charge in [0.15, 0.2) is 5.11 Å². The van der Waals surface area contributed by atoms with Crippen LogP contribution in [0.5, 0.6) is 5.75 Å². The Morgan fingerprint density at radius 1 is 1.15 bits per heavy atom. The van der Waals surface area contributed by atoms with E-state index >= 15 is 0 Å². The number of anilines is 2. The first-order chi connectivity index (χ1) is 9.60. The molecular weight excluding hydrogens is 336 g/mol. The van der Waals surface area contributed by atoms with Crippen LogP contribution in [0.1, 0.15) is 5.56 Å². The predicted molar refractivity (Wildman–Crippen MR) is 91.7 cm³/mol. The molecule has 0 aliphatic heterocycles. The van der Waals surface area contributed by atoms with Crippen molar-refractivity contribution in [2.24, 2.45) is 0 Å². The molecule has 0 aliphatic carbocycles. The molecule has 104 valence electrons. The molecule has 0 saturated carbocycles. The lowest BCUT2D eigenvalue weighted by atomic mass is 10.2. The Labute approximate surface area is 132 Å². The van der Waals surface area contributed by atoms with Crippen LogP contribution in [0, 0.1) is 6.92 Å². The summed E-state index contributed by atoms with van der Waals surface area (Å²) in [4.78, 5) is 0. The van der Waals surface area contributed by atoms with E-state index in [1.807, 2.05) is 49.4 Å². The summed E-state index contributed by atoms with van der Waals surface area (Å²) in [5.74, 6) is 0.753. The van der Waals surface area contributed by atoms with Crippen molar-refractivity contribution in [1.82, 2.24) is 0 Å². The minimum Gasteiger partial charge on any atom is -0.495 e. The number of para-hydroxylation sites is 2. The van der Waals surface area contributed by atoms with Crippen molar-refractivity contribution in [3.63, 3.8) is 0 Å². The Morgan fingerprint density at radius 3 is 2.60 bits per heavy atom. The molecule has 0 spiro atoms. The van der Waals surface area contributed by atoms with Crippen molar-refractivity contribution in [2.75, 3.05) is 17.7 Å². The summed E-state index contributed by atoms with van der Waals surface area (Å²) in [5.41, 5.74) is 2.93. The number of hydrogen-bond donors (Lipinski definition) is 2. The van der Waals surface area contributed by atoms with Gasteiger partial charge in [0.05, 0.1) is 12.8 Å². The zero-order valence-electron chi connectivity index (χ0n) is 11.2. The van der Waals surface area contributed by atoms with Crippen LogP contribution < -0.4 is 15.4 Å². The number of aryl methyl sites for hydroxylation is 1. The predicted octanol–water partition coefficient (Wildman–Crippen LogP) is 4.58. The molecule has 0 saturated heterocycles. The highest BCUT2D eigenvalue weighted by atomic mass is 79.9. The number of nitrogens with one attached hydrogen (secondary N) is 2. The van der Waals surface area contributed by atoms with Crippen molar-refractivity contribution in [3.8, 4) is 5.75 Å². The van der Waals surface area contributed by atoms with Gasteiger partial charge in [-0.1, -0.05) is 28.1 Å². The fourth-order valence-electron chi connectivity index (χ4n) is 1.76. The van der Waals surface area contributed by atoms with Gasteiger partial charge in [0.1, 0.15) is 5.75 Å². The van der Waals surface area contributed by atoms with Crippen molar-refractivity contribution in [3.05, 3.63) is 52.5 Å². The van der Waals surface area contributed by atoms with E-state index in [4.69, 9.17) is 17.0 Å². The highest BCUT2D eigenvalue weighted by Gasteiger charge is 2.04. The maximum atomic E-state index is 5.31. The molecule has 2 aromatic carbocycles. The van der Waals surface area contributed by atoms with Gasteiger partial charge in [0.25, 0.3) is 0 Å². The molecule has 0 fully saturated rings. The lowest BCUT2D eigenvalue weighted by Gasteiger charge is -2.13. The summed E-state index contributed by atoms with van der Waals surface area (Å²) in [5, 5.41) is 6.81. The highest BCUT2D eigenvalue weighted by molar-refractivity contribution is 9.10. The van der Waals surface area contributed by atoms with Crippen molar-refractivity contribution < 1.29 is 4.74 Å². The Bertz CT molecular complexity index is 631. The Morgan fingerprint density at radius 2 is 1.90 bits per heavy atom. The van der Waals surface area contributed by atoms with Crippen LogP contribution in [0.15, 0.2) is 46.9 Å². The van der Waals surface area contributed by atoms with Crippen molar-refractivity contribution in [1.29, 1.82) is 0 Å². The zero-order valence-corrected chi connectivity index (χ0v) is 13.6. The lowest BCUT2D eigenvalue weighted by molar-refractivity contribution is 0.417. The summed E-state index contributed by atoms with van der Waals surface area (Å²) >= 11 is 8.79. The third-order valence-corrected chi connectivity index (χ3v) is 3.86. The van der Waals surface area contributed by atoms with E-state index in [2.05, 4.69) is 26.6 Å². The number of rotatable bonds is 3. The SMILES string of the molecule is COc1ccccc1NC(=S)Nc1ccc(Br)c(C)c1. The van der Waals surface area contributed by atoms with Crippen molar-refractivity contribution >= 4 is 44.6 Å². The summed E-state index contributed by atoms with van der Waals surface area (Å²) in [6, 6.07) is 13.6. The van der Waals surface area contributed by atoms with E-state index in [-0.39, 0.29) is 0 Å². The van der Waals surface area contributed by atoms with Gasteiger partial charge in [0, 0.05) is 10.2 Å². The number of thiocarbonyl (C=S) groups is 1. The maximum absolute atomic E-state index is 5.31. The molecule has 0 heterocycles. The van der Waals surface area contributed by atoms with Gasteiger partial charge in [-0.3, -0.25) is 0 Å². The minimum absolute atomic E-state index is 0.524. The molecule has 0 amide bonds. The molecule has 5 heteroatoms. The van der Waals surface area contributed by atoms with E-state index in [1.54, 1.807) is 7.11 Å². The number of ether oxygens (including phenoxy) is 1. The summed E-state index contributed by atoms with van der Waals surface area (Å²) in [7, 11) is 1.63. The third-order valence-electron chi connectivity index (χ3n) is 2.77. The standard InChI is InChI=1S/C15H15BrN2OS/c1-10-9-11(7-8-12(10)16)17-15(20)18-13-5-3-4-6-14(13)19-2/h3-9H,1-2H3,(H2,17,18,20). The molecule has 0 unspecified atom stereocenters. The molecule has 3 nitrogen and oxygen atoms in total.